The number of carbonyl (C=O) groups is 2. The average molecular weight is 279 g/mol. The molecular weight excluding hydrogens is 258 g/mol. The zero-order valence-corrected chi connectivity index (χ0v) is 12.2. The van der Waals surface area contributed by atoms with Crippen LogP contribution in [0.4, 0.5) is 4.79 Å². The topological polar surface area (TPSA) is 75.6 Å². The summed E-state index contributed by atoms with van der Waals surface area (Å²) in [5.74, 6) is -1.74. The van der Waals surface area contributed by atoms with Crippen LogP contribution in [0.15, 0.2) is 30.3 Å². The van der Waals surface area contributed by atoms with Crippen molar-refractivity contribution in [1.82, 2.24) is 5.32 Å². The molecule has 0 bridgehead atoms. The molecule has 1 rings (SSSR count). The van der Waals surface area contributed by atoms with E-state index < -0.39 is 29.6 Å². The summed E-state index contributed by atoms with van der Waals surface area (Å²) in [7, 11) is 0. The maximum atomic E-state index is 11.8. The van der Waals surface area contributed by atoms with Crippen LogP contribution in [-0.4, -0.2) is 22.8 Å². The van der Waals surface area contributed by atoms with Crippen LogP contribution in [0, 0.1) is 5.92 Å². The van der Waals surface area contributed by atoms with E-state index in [1.807, 2.05) is 6.07 Å². The molecule has 5 heteroatoms. The molecule has 1 aromatic rings. The van der Waals surface area contributed by atoms with Crippen LogP contribution in [0.2, 0.25) is 0 Å². The van der Waals surface area contributed by atoms with E-state index in [1.54, 1.807) is 52.0 Å². The number of ether oxygens (including phenoxy) is 1. The number of hydrogen-bond acceptors (Lipinski definition) is 3. The Morgan fingerprint density at radius 2 is 1.75 bits per heavy atom. The van der Waals surface area contributed by atoms with Gasteiger partial charge in [0.2, 0.25) is 0 Å². The van der Waals surface area contributed by atoms with Gasteiger partial charge in [-0.2, -0.15) is 0 Å². The molecule has 0 radical (unpaired) electrons. The first-order chi connectivity index (χ1) is 9.20. The number of hydrogen-bond donors (Lipinski definition) is 2. The maximum absolute atomic E-state index is 11.8. The van der Waals surface area contributed by atoms with Gasteiger partial charge in [-0.05, 0) is 33.3 Å². The molecule has 0 saturated carbocycles. The fourth-order valence-corrected chi connectivity index (χ4v) is 1.73. The number of aliphatic carboxylic acids is 1. The smallest absolute Gasteiger partial charge is 0.408 e. The Morgan fingerprint density at radius 3 is 2.20 bits per heavy atom. The van der Waals surface area contributed by atoms with E-state index in [4.69, 9.17) is 9.84 Å². The summed E-state index contributed by atoms with van der Waals surface area (Å²) < 4.78 is 5.18. The van der Waals surface area contributed by atoms with Crippen molar-refractivity contribution in [2.75, 3.05) is 0 Å². The summed E-state index contributed by atoms with van der Waals surface area (Å²) in [6.07, 6.45) is -0.626. The first-order valence-electron chi connectivity index (χ1n) is 6.48. The van der Waals surface area contributed by atoms with Crippen molar-refractivity contribution >= 4 is 12.1 Å². The number of carboxylic acid groups (broad SMARTS) is 1. The second kappa shape index (κ2) is 6.41. The molecule has 20 heavy (non-hydrogen) atoms. The van der Waals surface area contributed by atoms with Gasteiger partial charge in [0.25, 0.3) is 0 Å². The minimum atomic E-state index is -0.977. The quantitative estimate of drug-likeness (QED) is 0.888. The van der Waals surface area contributed by atoms with Gasteiger partial charge in [-0.3, -0.25) is 4.79 Å². The van der Waals surface area contributed by atoms with Gasteiger partial charge in [-0.15, -0.1) is 0 Å². The van der Waals surface area contributed by atoms with E-state index in [-0.39, 0.29) is 0 Å². The highest BCUT2D eigenvalue weighted by atomic mass is 16.6. The molecule has 5 nitrogen and oxygen atoms in total. The van der Waals surface area contributed by atoms with E-state index in [0.29, 0.717) is 0 Å². The van der Waals surface area contributed by atoms with Crippen molar-refractivity contribution in [1.29, 1.82) is 0 Å². The minimum Gasteiger partial charge on any atom is -0.481 e. The van der Waals surface area contributed by atoms with E-state index in [1.165, 1.54) is 0 Å². The lowest BCUT2D eigenvalue weighted by Gasteiger charge is -2.26. The number of amides is 1. The van der Waals surface area contributed by atoms with Gasteiger partial charge in [0.05, 0.1) is 12.0 Å². The number of carbonyl (C=O) groups excluding carboxylic acids is 1. The number of carboxylic acids is 1. The van der Waals surface area contributed by atoms with Crippen molar-refractivity contribution in [3.05, 3.63) is 35.9 Å². The van der Waals surface area contributed by atoms with Crippen molar-refractivity contribution in [3.63, 3.8) is 0 Å². The number of rotatable bonds is 4. The Labute approximate surface area is 118 Å². The molecule has 0 saturated heterocycles. The average Bonchev–Trinajstić information content (AvgIpc) is 2.34. The summed E-state index contributed by atoms with van der Waals surface area (Å²) in [5, 5.41) is 11.8. The summed E-state index contributed by atoms with van der Waals surface area (Å²) in [6.45, 7) is 6.82. The summed E-state index contributed by atoms with van der Waals surface area (Å²) >= 11 is 0. The molecule has 0 aliphatic rings. The van der Waals surface area contributed by atoms with Crippen LogP contribution in [0.5, 0.6) is 0 Å². The SMILES string of the molecule is C[C@@H](C(=O)O)[C@@H](NC(=O)OC(C)(C)C)c1ccccc1. The van der Waals surface area contributed by atoms with Gasteiger partial charge < -0.3 is 15.2 Å². The summed E-state index contributed by atoms with van der Waals surface area (Å²) in [6, 6.07) is 8.35. The van der Waals surface area contributed by atoms with E-state index in [9.17, 15) is 9.59 Å². The van der Waals surface area contributed by atoms with Crippen LogP contribution in [0.1, 0.15) is 39.3 Å². The first kappa shape index (κ1) is 16.0. The minimum absolute atomic E-state index is 0.626. The molecule has 0 aliphatic carbocycles. The number of nitrogens with one attached hydrogen (secondary N) is 1. The Morgan fingerprint density at radius 1 is 1.20 bits per heavy atom. The van der Waals surface area contributed by atoms with E-state index in [0.717, 1.165) is 5.56 Å². The van der Waals surface area contributed by atoms with Gasteiger partial charge in [0.1, 0.15) is 5.60 Å². The maximum Gasteiger partial charge on any atom is 0.408 e. The fourth-order valence-electron chi connectivity index (χ4n) is 1.73. The molecule has 2 atom stereocenters. The van der Waals surface area contributed by atoms with Gasteiger partial charge in [0, 0.05) is 0 Å². The van der Waals surface area contributed by atoms with Crippen molar-refractivity contribution < 1.29 is 19.4 Å². The van der Waals surface area contributed by atoms with E-state index >= 15 is 0 Å². The standard InChI is InChI=1S/C15H21NO4/c1-10(13(17)18)12(11-8-6-5-7-9-11)16-14(19)20-15(2,3)4/h5-10,12H,1-4H3,(H,16,19)(H,17,18)/t10-,12-/m1/s1. The highest BCUT2D eigenvalue weighted by Crippen LogP contribution is 2.22. The highest BCUT2D eigenvalue weighted by molar-refractivity contribution is 5.74. The zero-order valence-electron chi connectivity index (χ0n) is 12.2. The molecule has 0 heterocycles. The lowest BCUT2D eigenvalue weighted by molar-refractivity contribution is -0.142. The molecule has 0 spiro atoms. The zero-order chi connectivity index (χ0) is 15.3. The number of benzene rings is 1. The fraction of sp³-hybridized carbons (Fsp3) is 0.467. The van der Waals surface area contributed by atoms with Crippen LogP contribution in [0.3, 0.4) is 0 Å². The first-order valence-corrected chi connectivity index (χ1v) is 6.48. The van der Waals surface area contributed by atoms with Crippen molar-refractivity contribution in [2.24, 2.45) is 5.92 Å². The second-order valence-electron chi connectivity index (χ2n) is 5.66. The third kappa shape index (κ3) is 4.91. The molecule has 0 fully saturated rings. The Bertz CT molecular complexity index is 465. The van der Waals surface area contributed by atoms with Gasteiger partial charge in [-0.1, -0.05) is 30.3 Å². The third-order valence-corrected chi connectivity index (χ3v) is 2.72. The number of alkyl carbamates (subject to hydrolysis) is 1. The van der Waals surface area contributed by atoms with Crippen LogP contribution >= 0.6 is 0 Å². The molecule has 1 amide bonds. The van der Waals surface area contributed by atoms with Crippen molar-refractivity contribution in [2.45, 2.75) is 39.3 Å². The molecule has 0 aliphatic heterocycles. The van der Waals surface area contributed by atoms with Gasteiger partial charge in [-0.25, -0.2) is 4.79 Å². The lowest BCUT2D eigenvalue weighted by Crippen LogP contribution is -2.39. The Balaban J connectivity index is 2.90. The van der Waals surface area contributed by atoms with Crippen LogP contribution in [0.25, 0.3) is 0 Å². The van der Waals surface area contributed by atoms with Crippen LogP contribution in [-0.2, 0) is 9.53 Å². The predicted molar refractivity (Wildman–Crippen MR) is 75.4 cm³/mol. The van der Waals surface area contributed by atoms with E-state index in [2.05, 4.69) is 5.32 Å². The van der Waals surface area contributed by atoms with Crippen molar-refractivity contribution in [3.8, 4) is 0 Å². The van der Waals surface area contributed by atoms with Gasteiger partial charge >= 0.3 is 12.1 Å². The predicted octanol–water partition coefficient (Wildman–Crippen LogP) is 2.97. The monoisotopic (exact) mass is 279 g/mol. The third-order valence-electron chi connectivity index (χ3n) is 2.72. The van der Waals surface area contributed by atoms with Crippen LogP contribution < -0.4 is 5.32 Å². The molecule has 0 aromatic heterocycles. The van der Waals surface area contributed by atoms with Gasteiger partial charge in [0.15, 0.2) is 0 Å². The molecule has 0 unspecified atom stereocenters. The lowest BCUT2D eigenvalue weighted by atomic mass is 9.95. The molecule has 2 N–H and O–H groups in total. The largest absolute Gasteiger partial charge is 0.481 e. The molecule has 110 valence electrons. The summed E-state index contributed by atoms with van der Waals surface area (Å²) in [4.78, 5) is 23.0. The normalized spacial score (nSPS) is 14.2. The Kier molecular flexibility index (Phi) is 5.13. The molecule has 1 aromatic carbocycles. The molecular formula is C15H21NO4. The second-order valence-corrected chi connectivity index (χ2v) is 5.66. The summed E-state index contributed by atoms with van der Waals surface area (Å²) in [5.41, 5.74) is 0.103. The Hall–Kier alpha value is -2.04. The highest BCUT2D eigenvalue weighted by Gasteiger charge is 2.28.